The average Bonchev–Trinajstić information content (AvgIpc) is 2.70. The molecule has 2 aromatic carbocycles. The first-order valence-electron chi connectivity index (χ1n) is 9.23. The van der Waals surface area contributed by atoms with Crippen LogP contribution in [0.25, 0.3) is 0 Å². The zero-order valence-electron chi connectivity index (χ0n) is 15.7. The van der Waals surface area contributed by atoms with Gasteiger partial charge in [-0.1, -0.05) is 23.7 Å². The number of anilines is 2. The summed E-state index contributed by atoms with van der Waals surface area (Å²) in [5.74, 6) is 1.02. The molecule has 8 heteroatoms. The number of morpholine rings is 1. The van der Waals surface area contributed by atoms with Crippen LogP contribution in [0, 0.1) is 6.92 Å². The van der Waals surface area contributed by atoms with E-state index in [9.17, 15) is 0 Å². The minimum atomic E-state index is -0.432. The summed E-state index contributed by atoms with van der Waals surface area (Å²) < 4.78 is 5.51. The van der Waals surface area contributed by atoms with E-state index in [0.717, 1.165) is 36.0 Å². The van der Waals surface area contributed by atoms with Crippen molar-refractivity contribution in [3.05, 3.63) is 59.1 Å². The minimum absolute atomic E-state index is 0.247. The molecule has 0 radical (unpaired) electrons. The maximum Gasteiger partial charge on any atom is 0.222 e. The van der Waals surface area contributed by atoms with Crippen molar-refractivity contribution in [1.29, 1.82) is 0 Å². The molecule has 3 N–H and O–H groups in total. The monoisotopic (exact) mass is 398 g/mol. The fourth-order valence-electron chi connectivity index (χ4n) is 3.29. The number of nitrogens with zero attached hydrogens (tertiary/aromatic N) is 4. The number of aryl methyl sites for hydroxylation is 1. The molecule has 2 heterocycles. The van der Waals surface area contributed by atoms with Gasteiger partial charge in [-0.2, -0.15) is 4.99 Å². The SMILES string of the molecule is Cc1cccc(N2C(N3CCOCC3)=NC(N)=NC2Nc2ccc(Cl)cc2)c1. The van der Waals surface area contributed by atoms with Crippen LogP contribution in [0.5, 0.6) is 0 Å². The summed E-state index contributed by atoms with van der Waals surface area (Å²) in [5.41, 5.74) is 9.13. The molecule has 7 nitrogen and oxygen atoms in total. The molecule has 28 heavy (non-hydrogen) atoms. The Morgan fingerprint density at radius 2 is 1.89 bits per heavy atom. The van der Waals surface area contributed by atoms with Gasteiger partial charge in [-0.15, -0.1) is 0 Å². The molecule has 2 aliphatic heterocycles. The molecule has 146 valence electrons. The standard InChI is InChI=1S/C20H23ClN6O/c1-14-3-2-4-17(13-14)27-19(23-16-7-5-15(21)6-8-16)24-18(22)25-20(27)26-9-11-28-12-10-26/h2-8,13,19,23H,9-12H2,1H3,(H2,22,24). The van der Waals surface area contributed by atoms with Crippen LogP contribution in [-0.2, 0) is 4.74 Å². The normalized spacial score (nSPS) is 19.9. The van der Waals surface area contributed by atoms with E-state index in [1.165, 1.54) is 0 Å². The highest BCUT2D eigenvalue weighted by Crippen LogP contribution is 2.25. The Balaban J connectivity index is 1.72. The van der Waals surface area contributed by atoms with Crippen molar-refractivity contribution in [3.63, 3.8) is 0 Å². The molecular formula is C20H23ClN6O. The van der Waals surface area contributed by atoms with E-state index in [-0.39, 0.29) is 5.96 Å². The van der Waals surface area contributed by atoms with Crippen molar-refractivity contribution in [2.75, 3.05) is 36.5 Å². The second-order valence-corrected chi connectivity index (χ2v) is 7.17. The molecule has 0 aliphatic carbocycles. The third-order valence-electron chi connectivity index (χ3n) is 4.64. The highest BCUT2D eigenvalue weighted by atomic mass is 35.5. The summed E-state index contributed by atoms with van der Waals surface area (Å²) in [6.07, 6.45) is -0.432. The lowest BCUT2D eigenvalue weighted by molar-refractivity contribution is 0.0671. The summed E-state index contributed by atoms with van der Waals surface area (Å²) in [5, 5.41) is 4.12. The number of halogens is 1. The topological polar surface area (TPSA) is 78.5 Å². The Morgan fingerprint density at radius 3 is 2.61 bits per heavy atom. The van der Waals surface area contributed by atoms with Crippen LogP contribution in [0.15, 0.2) is 58.5 Å². The zero-order valence-corrected chi connectivity index (χ0v) is 16.4. The van der Waals surface area contributed by atoms with E-state index < -0.39 is 6.29 Å². The number of benzene rings is 2. The molecule has 1 unspecified atom stereocenters. The quantitative estimate of drug-likeness (QED) is 0.831. The summed E-state index contributed by atoms with van der Waals surface area (Å²) in [4.78, 5) is 13.4. The van der Waals surface area contributed by atoms with Gasteiger partial charge in [0.1, 0.15) is 0 Å². The lowest BCUT2D eigenvalue weighted by atomic mass is 10.2. The number of hydrogen-bond acceptors (Lipinski definition) is 7. The molecule has 0 aromatic heterocycles. The third kappa shape index (κ3) is 4.05. The second kappa shape index (κ2) is 8.08. The fraction of sp³-hybridized carbons (Fsp3) is 0.300. The number of nitrogens with one attached hydrogen (secondary N) is 1. The molecule has 0 amide bonds. The number of aliphatic imine (C=N–C) groups is 2. The summed E-state index contributed by atoms with van der Waals surface area (Å²) >= 11 is 6.02. The summed E-state index contributed by atoms with van der Waals surface area (Å²) in [6.45, 7) is 4.89. The molecule has 1 fully saturated rings. The van der Waals surface area contributed by atoms with Gasteiger partial charge in [-0.3, -0.25) is 4.90 Å². The van der Waals surface area contributed by atoms with E-state index in [1.54, 1.807) is 0 Å². The van der Waals surface area contributed by atoms with Crippen molar-refractivity contribution in [3.8, 4) is 0 Å². The Bertz CT molecular complexity index is 892. The lowest BCUT2D eigenvalue weighted by Gasteiger charge is -2.41. The number of ether oxygens (including phenoxy) is 1. The first-order valence-corrected chi connectivity index (χ1v) is 9.60. The van der Waals surface area contributed by atoms with Crippen molar-refractivity contribution in [2.45, 2.75) is 13.2 Å². The first-order chi connectivity index (χ1) is 13.6. The van der Waals surface area contributed by atoms with Crippen LogP contribution in [0.3, 0.4) is 0 Å². The van der Waals surface area contributed by atoms with E-state index >= 15 is 0 Å². The second-order valence-electron chi connectivity index (χ2n) is 6.73. The molecule has 2 aromatic rings. The van der Waals surface area contributed by atoms with Gasteiger partial charge < -0.3 is 20.7 Å². The molecular weight excluding hydrogens is 376 g/mol. The maximum atomic E-state index is 6.09. The average molecular weight is 399 g/mol. The lowest BCUT2D eigenvalue weighted by Crippen LogP contribution is -2.57. The van der Waals surface area contributed by atoms with Gasteiger partial charge in [0.25, 0.3) is 0 Å². The van der Waals surface area contributed by atoms with E-state index in [1.807, 2.05) is 30.3 Å². The molecule has 4 rings (SSSR count). The smallest absolute Gasteiger partial charge is 0.222 e. The van der Waals surface area contributed by atoms with Crippen LogP contribution >= 0.6 is 11.6 Å². The van der Waals surface area contributed by atoms with Crippen molar-refractivity contribution >= 4 is 34.9 Å². The van der Waals surface area contributed by atoms with Gasteiger partial charge >= 0.3 is 0 Å². The Hall–Kier alpha value is -2.77. The van der Waals surface area contributed by atoms with Gasteiger partial charge in [-0.05, 0) is 48.9 Å². The molecule has 2 aliphatic rings. The number of hydrogen-bond donors (Lipinski definition) is 2. The number of guanidine groups is 2. The van der Waals surface area contributed by atoms with Crippen molar-refractivity contribution in [2.24, 2.45) is 15.7 Å². The highest BCUT2D eigenvalue weighted by molar-refractivity contribution is 6.30. The first kappa shape index (κ1) is 18.6. The summed E-state index contributed by atoms with van der Waals surface area (Å²) in [6, 6.07) is 15.8. The predicted molar refractivity (Wildman–Crippen MR) is 114 cm³/mol. The fourth-order valence-corrected chi connectivity index (χ4v) is 3.42. The molecule has 0 saturated carbocycles. The van der Waals surface area contributed by atoms with Gasteiger partial charge in [0.15, 0.2) is 0 Å². The van der Waals surface area contributed by atoms with Crippen molar-refractivity contribution < 1.29 is 4.74 Å². The number of rotatable bonds is 3. The molecule has 1 atom stereocenters. The van der Waals surface area contributed by atoms with Gasteiger partial charge in [0.2, 0.25) is 18.2 Å². The van der Waals surface area contributed by atoms with E-state index in [2.05, 4.69) is 50.2 Å². The highest BCUT2D eigenvalue weighted by Gasteiger charge is 2.32. The van der Waals surface area contributed by atoms with E-state index in [0.29, 0.717) is 18.2 Å². The largest absolute Gasteiger partial charge is 0.378 e. The van der Waals surface area contributed by atoms with Gasteiger partial charge in [0.05, 0.1) is 13.2 Å². The maximum absolute atomic E-state index is 6.09. The predicted octanol–water partition coefficient (Wildman–Crippen LogP) is 2.87. The Kier molecular flexibility index (Phi) is 5.36. The van der Waals surface area contributed by atoms with Gasteiger partial charge in [-0.25, -0.2) is 4.99 Å². The molecule has 1 saturated heterocycles. The van der Waals surface area contributed by atoms with Gasteiger partial charge in [0, 0.05) is 29.5 Å². The van der Waals surface area contributed by atoms with Crippen molar-refractivity contribution in [1.82, 2.24) is 4.90 Å². The number of nitrogens with two attached hydrogens (primary N) is 1. The minimum Gasteiger partial charge on any atom is -0.378 e. The van der Waals surface area contributed by atoms with Crippen LogP contribution < -0.4 is 16.0 Å². The Morgan fingerprint density at radius 1 is 1.14 bits per heavy atom. The zero-order chi connectivity index (χ0) is 19.5. The van der Waals surface area contributed by atoms with Crippen LogP contribution in [-0.4, -0.2) is 49.4 Å². The van der Waals surface area contributed by atoms with Crippen LogP contribution in [0.1, 0.15) is 5.56 Å². The van der Waals surface area contributed by atoms with Crippen LogP contribution in [0.4, 0.5) is 11.4 Å². The molecule has 0 bridgehead atoms. The van der Waals surface area contributed by atoms with E-state index in [4.69, 9.17) is 22.1 Å². The third-order valence-corrected chi connectivity index (χ3v) is 4.89. The Labute approximate surface area is 169 Å². The molecule has 0 spiro atoms. The van der Waals surface area contributed by atoms with Crippen LogP contribution in [0.2, 0.25) is 5.02 Å². The summed E-state index contributed by atoms with van der Waals surface area (Å²) in [7, 11) is 0.